The Kier molecular flexibility index (Phi) is 17.8. The Morgan fingerprint density at radius 2 is 1.20 bits per heavy atom. The second-order valence-electron chi connectivity index (χ2n) is 3.91. The van der Waals surface area contributed by atoms with E-state index < -0.39 is 11.9 Å². The van der Waals surface area contributed by atoms with Crippen LogP contribution in [0.1, 0.15) is 40.0 Å². The van der Waals surface area contributed by atoms with Crippen LogP contribution in [0.25, 0.3) is 0 Å². The van der Waals surface area contributed by atoms with Crippen molar-refractivity contribution in [2.75, 3.05) is 6.61 Å². The van der Waals surface area contributed by atoms with Crippen LogP contribution in [0.4, 0.5) is 0 Å². The number of rotatable bonds is 6. The SMILES string of the molecule is CC(=O)CC(=O)O.CC(=O)CC(=O)O.CC(O)CCO. The van der Waals surface area contributed by atoms with Crippen LogP contribution in [0, 0.1) is 0 Å². The summed E-state index contributed by atoms with van der Waals surface area (Å²) in [5, 5.41) is 32.2. The summed E-state index contributed by atoms with van der Waals surface area (Å²) in [5.74, 6) is -2.75. The van der Waals surface area contributed by atoms with Gasteiger partial charge in [-0.15, -0.1) is 0 Å². The first-order chi connectivity index (χ1) is 9.02. The minimum atomic E-state index is -1.06. The summed E-state index contributed by atoms with van der Waals surface area (Å²) in [6.07, 6.45) is -0.588. The van der Waals surface area contributed by atoms with Crippen LogP contribution in [-0.4, -0.2) is 56.6 Å². The molecule has 0 saturated heterocycles. The quantitative estimate of drug-likeness (QED) is 0.494. The molecule has 0 amide bonds. The number of carboxylic acid groups (broad SMARTS) is 2. The maximum Gasteiger partial charge on any atom is 0.310 e. The molecule has 0 radical (unpaired) electrons. The third-order valence-corrected chi connectivity index (χ3v) is 1.35. The van der Waals surface area contributed by atoms with Gasteiger partial charge in [-0.2, -0.15) is 0 Å². The molecule has 0 aromatic heterocycles. The van der Waals surface area contributed by atoms with Gasteiger partial charge in [0.2, 0.25) is 0 Å². The summed E-state index contributed by atoms with van der Waals surface area (Å²) >= 11 is 0. The molecular weight excluding hydrogens is 272 g/mol. The molecule has 0 rings (SSSR count). The summed E-state index contributed by atoms with van der Waals surface area (Å²) < 4.78 is 0. The summed E-state index contributed by atoms with van der Waals surface area (Å²) in [5.41, 5.74) is 0. The lowest BCUT2D eigenvalue weighted by Crippen LogP contribution is -2.00. The van der Waals surface area contributed by atoms with Gasteiger partial charge in [0.1, 0.15) is 24.4 Å². The minimum Gasteiger partial charge on any atom is -0.481 e. The first-order valence-corrected chi connectivity index (χ1v) is 5.74. The number of hydrogen-bond donors (Lipinski definition) is 4. The monoisotopic (exact) mass is 294 g/mol. The van der Waals surface area contributed by atoms with E-state index in [2.05, 4.69) is 0 Å². The Morgan fingerprint density at radius 3 is 1.20 bits per heavy atom. The van der Waals surface area contributed by atoms with Crippen molar-refractivity contribution in [1.29, 1.82) is 0 Å². The highest BCUT2D eigenvalue weighted by Crippen LogP contribution is 1.83. The van der Waals surface area contributed by atoms with Crippen LogP contribution in [0.3, 0.4) is 0 Å². The highest BCUT2D eigenvalue weighted by Gasteiger charge is 1.98. The van der Waals surface area contributed by atoms with E-state index in [0.29, 0.717) is 6.42 Å². The van der Waals surface area contributed by atoms with Gasteiger partial charge in [-0.1, -0.05) is 0 Å². The van der Waals surface area contributed by atoms with Crippen molar-refractivity contribution in [2.45, 2.75) is 46.1 Å². The van der Waals surface area contributed by atoms with Crippen LogP contribution in [0.15, 0.2) is 0 Å². The molecule has 0 spiro atoms. The Bertz CT molecular complexity index is 259. The van der Waals surface area contributed by atoms with Gasteiger partial charge < -0.3 is 20.4 Å². The van der Waals surface area contributed by atoms with Gasteiger partial charge >= 0.3 is 11.9 Å². The molecule has 0 fully saturated rings. The van der Waals surface area contributed by atoms with Crippen LogP contribution in [0.2, 0.25) is 0 Å². The fourth-order valence-corrected chi connectivity index (χ4v) is 0.613. The van der Waals surface area contributed by atoms with Crippen molar-refractivity contribution in [1.82, 2.24) is 0 Å². The highest BCUT2D eigenvalue weighted by molar-refractivity contribution is 5.93. The summed E-state index contributed by atoms with van der Waals surface area (Å²) in [6.45, 7) is 4.22. The van der Waals surface area contributed by atoms with E-state index in [1.165, 1.54) is 13.8 Å². The van der Waals surface area contributed by atoms with E-state index in [-0.39, 0.29) is 37.1 Å². The maximum absolute atomic E-state index is 9.87. The Hall–Kier alpha value is -1.80. The second-order valence-corrected chi connectivity index (χ2v) is 3.91. The molecule has 4 N–H and O–H groups in total. The fourth-order valence-electron chi connectivity index (χ4n) is 0.613. The molecule has 0 aliphatic carbocycles. The number of ketones is 2. The van der Waals surface area contributed by atoms with E-state index in [0.717, 1.165) is 0 Å². The largest absolute Gasteiger partial charge is 0.481 e. The lowest BCUT2D eigenvalue weighted by Gasteiger charge is -1.95. The summed E-state index contributed by atoms with van der Waals surface area (Å²) in [4.78, 5) is 38.9. The zero-order valence-corrected chi connectivity index (χ0v) is 11.8. The Morgan fingerprint density at radius 1 is 0.900 bits per heavy atom. The van der Waals surface area contributed by atoms with Crippen molar-refractivity contribution in [3.8, 4) is 0 Å². The summed E-state index contributed by atoms with van der Waals surface area (Å²) in [7, 11) is 0. The summed E-state index contributed by atoms with van der Waals surface area (Å²) in [6, 6.07) is 0. The standard InChI is InChI=1S/2C4H6O3.C4H10O2/c2*1-3(5)2-4(6)7;1-4(6)2-3-5/h2*2H2,1H3,(H,6,7);4-6H,2-3H2,1H3. The molecule has 118 valence electrons. The number of aliphatic hydroxyl groups excluding tert-OH is 2. The van der Waals surface area contributed by atoms with Gasteiger partial charge in [0.15, 0.2) is 0 Å². The van der Waals surface area contributed by atoms with Crippen LogP contribution >= 0.6 is 0 Å². The van der Waals surface area contributed by atoms with Crippen molar-refractivity contribution in [2.24, 2.45) is 0 Å². The average Bonchev–Trinajstić information content (AvgIpc) is 2.13. The first-order valence-electron chi connectivity index (χ1n) is 5.74. The molecule has 1 unspecified atom stereocenters. The lowest BCUT2D eigenvalue weighted by molar-refractivity contribution is -0.141. The van der Waals surface area contributed by atoms with E-state index in [4.69, 9.17) is 20.4 Å². The third kappa shape index (κ3) is 44.2. The molecule has 0 heterocycles. The van der Waals surface area contributed by atoms with E-state index in [1.54, 1.807) is 6.92 Å². The zero-order valence-electron chi connectivity index (χ0n) is 11.8. The van der Waals surface area contributed by atoms with E-state index >= 15 is 0 Å². The lowest BCUT2D eigenvalue weighted by atomic mass is 10.3. The van der Waals surface area contributed by atoms with Gasteiger partial charge in [-0.3, -0.25) is 19.2 Å². The van der Waals surface area contributed by atoms with Gasteiger partial charge in [-0.25, -0.2) is 0 Å². The normalized spacial score (nSPS) is 10.1. The molecule has 20 heavy (non-hydrogen) atoms. The Balaban J connectivity index is -0.000000218. The first kappa shape index (κ1) is 23.3. The van der Waals surface area contributed by atoms with E-state index in [9.17, 15) is 19.2 Å². The molecule has 0 bridgehead atoms. The molecule has 0 aromatic carbocycles. The molecule has 8 heteroatoms. The van der Waals surface area contributed by atoms with Crippen molar-refractivity contribution in [3.05, 3.63) is 0 Å². The smallest absolute Gasteiger partial charge is 0.310 e. The molecule has 0 aromatic rings. The average molecular weight is 294 g/mol. The second kappa shape index (κ2) is 15.3. The molecule has 0 aliphatic rings. The number of hydrogen-bond acceptors (Lipinski definition) is 6. The van der Waals surface area contributed by atoms with Crippen molar-refractivity contribution in [3.63, 3.8) is 0 Å². The predicted molar refractivity (Wildman–Crippen MR) is 69.3 cm³/mol. The molecule has 1 atom stereocenters. The van der Waals surface area contributed by atoms with E-state index in [1.807, 2.05) is 0 Å². The highest BCUT2D eigenvalue weighted by atomic mass is 16.4. The van der Waals surface area contributed by atoms with Gasteiger partial charge in [0.05, 0.1) is 6.10 Å². The molecule has 8 nitrogen and oxygen atoms in total. The van der Waals surface area contributed by atoms with Crippen LogP contribution in [0.5, 0.6) is 0 Å². The minimum absolute atomic E-state index is 0.0810. The predicted octanol–water partition coefficient (Wildman–Crippen LogP) is -0.150. The zero-order chi connectivity index (χ0) is 16.7. The number of carboxylic acids is 2. The topological polar surface area (TPSA) is 149 Å². The maximum atomic E-state index is 9.87. The Labute approximate surface area is 117 Å². The number of aliphatic hydroxyl groups is 2. The van der Waals surface area contributed by atoms with Gasteiger partial charge in [0, 0.05) is 6.61 Å². The fraction of sp³-hybridized carbons (Fsp3) is 0.667. The number of aliphatic carboxylic acids is 2. The molecule has 0 saturated carbocycles. The molecule has 0 aliphatic heterocycles. The molecular formula is C12H22O8. The third-order valence-electron chi connectivity index (χ3n) is 1.35. The number of carbonyl (C=O) groups is 4. The number of Topliss-reactive ketones (excluding diaryl/α,β-unsaturated/α-hetero) is 2. The van der Waals surface area contributed by atoms with Crippen LogP contribution < -0.4 is 0 Å². The van der Waals surface area contributed by atoms with Gasteiger partial charge in [0.25, 0.3) is 0 Å². The number of carbonyl (C=O) groups excluding carboxylic acids is 2. The van der Waals surface area contributed by atoms with Crippen molar-refractivity contribution < 1.29 is 39.6 Å². The van der Waals surface area contributed by atoms with Crippen molar-refractivity contribution >= 4 is 23.5 Å². The van der Waals surface area contributed by atoms with Gasteiger partial charge in [-0.05, 0) is 27.2 Å². The van der Waals surface area contributed by atoms with Crippen LogP contribution in [-0.2, 0) is 19.2 Å².